The maximum absolute atomic E-state index is 13.8. The molecule has 2 amide bonds. The van der Waals surface area contributed by atoms with E-state index in [0.29, 0.717) is 24.1 Å². The molecule has 2 aliphatic rings. The molecule has 1 heterocycles. The summed E-state index contributed by atoms with van der Waals surface area (Å²) < 4.78 is 5.45. The van der Waals surface area contributed by atoms with Crippen LogP contribution in [-0.4, -0.2) is 53.6 Å². The van der Waals surface area contributed by atoms with Crippen LogP contribution in [0.4, 0.5) is 17.1 Å². The minimum Gasteiger partial charge on any atom is -0.508 e. The van der Waals surface area contributed by atoms with E-state index >= 15 is 0 Å². The lowest BCUT2D eigenvalue weighted by molar-refractivity contribution is -0.123. The van der Waals surface area contributed by atoms with E-state index in [0.717, 1.165) is 28.1 Å². The van der Waals surface area contributed by atoms with Crippen molar-refractivity contribution in [3.8, 4) is 5.75 Å². The van der Waals surface area contributed by atoms with Gasteiger partial charge in [-0.2, -0.15) is 0 Å². The number of imide groups is 1. The number of carbonyl (C=O) groups is 2. The van der Waals surface area contributed by atoms with Crippen LogP contribution >= 0.6 is 0 Å². The first-order chi connectivity index (χ1) is 20.8. The average molecular weight is 583 g/mol. The van der Waals surface area contributed by atoms with Crippen molar-refractivity contribution in [2.45, 2.75) is 32.3 Å². The second-order valence-electron chi connectivity index (χ2n) is 11.3. The zero-order valence-electron chi connectivity index (χ0n) is 24.4. The molecular formula is C35H38N2O6. The van der Waals surface area contributed by atoms with Gasteiger partial charge in [0.05, 0.1) is 36.8 Å². The second-order valence-corrected chi connectivity index (χ2v) is 11.3. The molecule has 1 aliphatic heterocycles. The molecule has 3 aromatic carbocycles. The molecule has 0 spiro atoms. The van der Waals surface area contributed by atoms with Crippen LogP contribution in [0.5, 0.6) is 5.75 Å². The summed E-state index contributed by atoms with van der Waals surface area (Å²) in [5.74, 6) is -2.59. The lowest BCUT2D eigenvalue weighted by Crippen LogP contribution is -2.39. The number of anilines is 3. The Labute approximate surface area is 251 Å². The molecule has 4 N–H and O–H groups in total. The fourth-order valence-corrected chi connectivity index (χ4v) is 6.39. The Kier molecular flexibility index (Phi) is 9.40. The number of nitrogens with one attached hydrogen (secondary N) is 1. The topological polar surface area (TPSA) is 119 Å². The number of fused-ring (bicyclic) bond motifs is 1. The third-order valence-corrected chi connectivity index (χ3v) is 8.34. The molecular weight excluding hydrogens is 544 g/mol. The van der Waals surface area contributed by atoms with Gasteiger partial charge < -0.3 is 25.4 Å². The number of hydrogen-bond acceptors (Lipinski definition) is 7. The van der Waals surface area contributed by atoms with Gasteiger partial charge in [0.2, 0.25) is 11.8 Å². The SMILES string of the molecule is COCC1=C([C@H](O)CC/C(C)=C/c2cccc(O)c2)[C@H](CO)[C@@H]2C(=O)N(c3ccc(Nc4ccccc4)cc3)C(=O)[C@@H]2C1. The summed E-state index contributed by atoms with van der Waals surface area (Å²) >= 11 is 0. The van der Waals surface area contributed by atoms with E-state index in [1.54, 1.807) is 37.4 Å². The molecule has 1 saturated heterocycles. The number of phenolic OH excluding ortho intramolecular Hbond substituents is 1. The van der Waals surface area contributed by atoms with Gasteiger partial charge >= 0.3 is 0 Å². The first-order valence-electron chi connectivity index (χ1n) is 14.6. The van der Waals surface area contributed by atoms with Gasteiger partial charge in [-0.1, -0.05) is 42.0 Å². The quantitative estimate of drug-likeness (QED) is 0.176. The number of hydrogen-bond donors (Lipinski definition) is 4. The number of nitrogens with zero attached hydrogens (tertiary/aromatic N) is 1. The van der Waals surface area contributed by atoms with Gasteiger partial charge in [-0.25, -0.2) is 0 Å². The number of methoxy groups -OCH3 is 1. The maximum atomic E-state index is 13.8. The molecule has 1 aliphatic carbocycles. The van der Waals surface area contributed by atoms with E-state index in [1.807, 2.05) is 61.5 Å². The van der Waals surface area contributed by atoms with Crippen LogP contribution in [-0.2, 0) is 14.3 Å². The monoisotopic (exact) mass is 582 g/mol. The minimum atomic E-state index is -0.920. The van der Waals surface area contributed by atoms with Crippen molar-refractivity contribution in [1.29, 1.82) is 0 Å². The maximum Gasteiger partial charge on any atom is 0.238 e. The number of aliphatic hydroxyl groups excluding tert-OH is 2. The number of aliphatic hydroxyl groups is 2. The first kappa shape index (κ1) is 30.2. The highest BCUT2D eigenvalue weighted by atomic mass is 16.5. The zero-order valence-corrected chi connectivity index (χ0v) is 24.4. The molecule has 0 saturated carbocycles. The van der Waals surface area contributed by atoms with Gasteiger partial charge in [-0.15, -0.1) is 0 Å². The normalized spacial score (nSPS) is 21.3. The predicted octanol–water partition coefficient (Wildman–Crippen LogP) is 5.44. The number of para-hydroxylation sites is 1. The minimum absolute atomic E-state index is 0.183. The van der Waals surface area contributed by atoms with Crippen LogP contribution in [0.25, 0.3) is 6.08 Å². The number of amides is 2. The van der Waals surface area contributed by atoms with Gasteiger partial charge in [0.25, 0.3) is 0 Å². The second kappa shape index (κ2) is 13.4. The molecule has 224 valence electrons. The van der Waals surface area contributed by atoms with E-state index in [9.17, 15) is 24.9 Å². The highest BCUT2D eigenvalue weighted by Gasteiger charge is 2.55. The molecule has 8 heteroatoms. The molecule has 1 fully saturated rings. The van der Waals surface area contributed by atoms with Gasteiger partial charge in [0, 0.05) is 24.4 Å². The van der Waals surface area contributed by atoms with Crippen molar-refractivity contribution < 1.29 is 29.6 Å². The van der Waals surface area contributed by atoms with Gasteiger partial charge in [-0.3, -0.25) is 14.5 Å². The lowest BCUT2D eigenvalue weighted by Gasteiger charge is -2.36. The van der Waals surface area contributed by atoms with E-state index in [-0.39, 0.29) is 37.2 Å². The molecule has 0 radical (unpaired) electrons. The zero-order chi connectivity index (χ0) is 30.5. The Hall–Kier alpha value is -4.24. The van der Waals surface area contributed by atoms with E-state index < -0.39 is 23.9 Å². The number of benzene rings is 3. The molecule has 3 aromatic rings. The number of allylic oxidation sites excluding steroid dienone is 1. The highest BCUT2D eigenvalue weighted by Crippen LogP contribution is 2.47. The predicted molar refractivity (Wildman–Crippen MR) is 167 cm³/mol. The third kappa shape index (κ3) is 6.57. The van der Waals surface area contributed by atoms with Crippen molar-refractivity contribution in [2.24, 2.45) is 17.8 Å². The summed E-state index contributed by atoms with van der Waals surface area (Å²) in [5, 5.41) is 35.1. The highest BCUT2D eigenvalue weighted by molar-refractivity contribution is 6.22. The van der Waals surface area contributed by atoms with Crippen LogP contribution < -0.4 is 10.2 Å². The van der Waals surface area contributed by atoms with Crippen molar-refractivity contribution in [3.63, 3.8) is 0 Å². The molecule has 43 heavy (non-hydrogen) atoms. The van der Waals surface area contributed by atoms with Crippen molar-refractivity contribution >= 4 is 35.0 Å². The Morgan fingerprint density at radius 2 is 1.74 bits per heavy atom. The Bertz CT molecular complexity index is 1510. The molecule has 5 rings (SSSR count). The summed E-state index contributed by atoms with van der Waals surface area (Å²) in [6.45, 7) is 1.79. The molecule has 0 unspecified atom stereocenters. The summed E-state index contributed by atoms with van der Waals surface area (Å²) in [7, 11) is 1.55. The number of rotatable bonds is 11. The summed E-state index contributed by atoms with van der Waals surface area (Å²) in [5.41, 5.74) is 5.45. The third-order valence-electron chi connectivity index (χ3n) is 8.34. The van der Waals surface area contributed by atoms with E-state index in [1.165, 1.54) is 4.90 Å². The van der Waals surface area contributed by atoms with Crippen LogP contribution in [0.2, 0.25) is 0 Å². The molecule has 0 aromatic heterocycles. The molecule has 8 nitrogen and oxygen atoms in total. The van der Waals surface area contributed by atoms with Crippen molar-refractivity contribution in [1.82, 2.24) is 0 Å². The van der Waals surface area contributed by atoms with Crippen molar-refractivity contribution in [2.75, 3.05) is 30.5 Å². The largest absolute Gasteiger partial charge is 0.508 e. The van der Waals surface area contributed by atoms with Gasteiger partial charge in [-0.05, 0) is 91.4 Å². The molecule has 0 bridgehead atoms. The summed E-state index contributed by atoms with van der Waals surface area (Å²) in [6.07, 6.45) is 2.26. The summed E-state index contributed by atoms with van der Waals surface area (Å²) in [4.78, 5) is 28.8. The average Bonchev–Trinajstić information content (AvgIpc) is 3.25. The number of carbonyl (C=O) groups excluding carboxylic acids is 2. The van der Waals surface area contributed by atoms with Gasteiger partial charge in [0.15, 0.2) is 0 Å². The number of ether oxygens (including phenoxy) is 1. The Morgan fingerprint density at radius 3 is 2.42 bits per heavy atom. The fraction of sp³-hybridized carbons (Fsp3) is 0.314. The van der Waals surface area contributed by atoms with Crippen LogP contribution in [0.15, 0.2) is 95.6 Å². The molecule has 4 atom stereocenters. The standard InChI is InChI=1S/C35H38N2O6/c1-22(17-23-7-6-10-28(39)18-23)11-16-31(40)32-24(21-43-2)19-29-33(30(32)20-38)35(42)37(34(29)41)27-14-12-26(13-15-27)36-25-8-4-3-5-9-25/h3-10,12-15,17-18,29-31,33,36,38-40H,11,16,19-21H2,1-2H3/b22-17+/t29-,30+,31-,33-/m1/s1. The van der Waals surface area contributed by atoms with Crippen LogP contribution in [0.3, 0.4) is 0 Å². The Balaban J connectivity index is 1.35. The lowest BCUT2D eigenvalue weighted by atomic mass is 9.68. The fourth-order valence-electron chi connectivity index (χ4n) is 6.39. The first-order valence-corrected chi connectivity index (χ1v) is 14.6. The van der Waals surface area contributed by atoms with Crippen LogP contribution in [0, 0.1) is 17.8 Å². The van der Waals surface area contributed by atoms with E-state index in [4.69, 9.17) is 4.74 Å². The number of phenols is 1. The van der Waals surface area contributed by atoms with Crippen LogP contribution in [0.1, 0.15) is 31.7 Å². The van der Waals surface area contributed by atoms with Crippen molar-refractivity contribution in [3.05, 3.63) is 101 Å². The number of aromatic hydroxyl groups is 1. The smallest absolute Gasteiger partial charge is 0.238 e. The van der Waals surface area contributed by atoms with E-state index in [2.05, 4.69) is 5.32 Å². The van der Waals surface area contributed by atoms with Gasteiger partial charge in [0.1, 0.15) is 5.75 Å². The Morgan fingerprint density at radius 1 is 1.02 bits per heavy atom. The summed E-state index contributed by atoms with van der Waals surface area (Å²) in [6, 6.07) is 23.8.